The van der Waals surface area contributed by atoms with Crippen molar-refractivity contribution in [1.29, 1.82) is 0 Å². The lowest BCUT2D eigenvalue weighted by molar-refractivity contribution is -0.146. The van der Waals surface area contributed by atoms with Crippen molar-refractivity contribution in [3.8, 4) is 0 Å². The molecule has 1 aromatic carbocycles. The fourth-order valence-corrected chi connectivity index (χ4v) is 2.72. The lowest BCUT2D eigenvalue weighted by Crippen LogP contribution is -2.50. The number of rotatable bonds is 6. The monoisotopic (exact) mass is 331 g/mol. The number of nitrogens with one attached hydrogen (secondary N) is 1. The summed E-state index contributed by atoms with van der Waals surface area (Å²) < 4.78 is 0. The lowest BCUT2D eigenvalue weighted by Gasteiger charge is -2.25. The van der Waals surface area contributed by atoms with E-state index >= 15 is 0 Å². The molecule has 1 aliphatic heterocycles. The summed E-state index contributed by atoms with van der Waals surface area (Å²) in [5.41, 5.74) is 5.75. The normalized spacial score (nSPS) is 18.8. The average Bonchev–Trinajstić information content (AvgIpc) is 2.79. The molecule has 1 aromatic rings. The molecule has 2 unspecified atom stereocenters. The van der Waals surface area contributed by atoms with Gasteiger partial charge in [-0.2, -0.15) is 0 Å². The van der Waals surface area contributed by atoms with E-state index in [2.05, 4.69) is 5.32 Å². The summed E-state index contributed by atoms with van der Waals surface area (Å²) in [6.45, 7) is 3.74. The third kappa shape index (κ3) is 3.79. The molecule has 1 fully saturated rings. The van der Waals surface area contributed by atoms with E-state index in [9.17, 15) is 19.2 Å². The molecule has 128 valence electrons. The van der Waals surface area contributed by atoms with Gasteiger partial charge in [0.05, 0.1) is 6.42 Å². The first-order valence-electron chi connectivity index (χ1n) is 7.82. The molecule has 1 heterocycles. The molecule has 0 bridgehead atoms. The second-order valence-electron chi connectivity index (χ2n) is 6.25. The third-order valence-electron chi connectivity index (χ3n) is 3.86. The summed E-state index contributed by atoms with van der Waals surface area (Å²) in [5.74, 6) is -2.17. The zero-order valence-corrected chi connectivity index (χ0v) is 13.7. The van der Waals surface area contributed by atoms with Crippen molar-refractivity contribution in [2.24, 2.45) is 11.7 Å². The highest BCUT2D eigenvalue weighted by atomic mass is 16.2. The van der Waals surface area contributed by atoms with E-state index in [1.807, 2.05) is 13.8 Å². The van der Waals surface area contributed by atoms with Gasteiger partial charge < -0.3 is 11.1 Å². The van der Waals surface area contributed by atoms with Crippen molar-refractivity contribution in [2.75, 3.05) is 0 Å². The largest absolute Gasteiger partial charge is 0.368 e. The number of amides is 4. The Balaban J connectivity index is 2.13. The van der Waals surface area contributed by atoms with Gasteiger partial charge in [0.25, 0.3) is 11.8 Å². The Hall–Kier alpha value is -2.70. The molecule has 3 N–H and O–H groups in total. The van der Waals surface area contributed by atoms with Crippen molar-refractivity contribution in [3.05, 3.63) is 35.9 Å². The Kier molecular flexibility index (Phi) is 5.33. The van der Waals surface area contributed by atoms with E-state index in [0.717, 1.165) is 4.90 Å². The molecule has 1 saturated heterocycles. The fraction of sp³-hybridized carbons (Fsp3) is 0.412. The topological polar surface area (TPSA) is 110 Å². The van der Waals surface area contributed by atoms with Gasteiger partial charge in [-0.3, -0.25) is 24.1 Å². The van der Waals surface area contributed by atoms with Crippen LogP contribution in [0.15, 0.2) is 30.3 Å². The van der Waals surface area contributed by atoms with Gasteiger partial charge in [-0.25, -0.2) is 0 Å². The van der Waals surface area contributed by atoms with E-state index in [1.165, 1.54) is 0 Å². The number of likely N-dealkylation sites (tertiary alicyclic amines) is 1. The maximum absolute atomic E-state index is 12.5. The van der Waals surface area contributed by atoms with E-state index in [4.69, 9.17) is 5.73 Å². The summed E-state index contributed by atoms with van der Waals surface area (Å²) in [7, 11) is 0. The molecule has 0 aromatic heterocycles. The summed E-state index contributed by atoms with van der Waals surface area (Å²) in [6.07, 6.45) is 0.130. The van der Waals surface area contributed by atoms with Crippen molar-refractivity contribution in [3.63, 3.8) is 0 Å². The minimum Gasteiger partial charge on any atom is -0.368 e. The van der Waals surface area contributed by atoms with Gasteiger partial charge in [0.2, 0.25) is 11.8 Å². The first-order valence-corrected chi connectivity index (χ1v) is 7.82. The molecule has 1 aliphatic rings. The van der Waals surface area contributed by atoms with Gasteiger partial charge in [0.15, 0.2) is 0 Å². The van der Waals surface area contributed by atoms with E-state index in [-0.39, 0.29) is 12.3 Å². The molecule has 24 heavy (non-hydrogen) atoms. The zero-order chi connectivity index (χ0) is 17.9. The molecule has 0 saturated carbocycles. The molecule has 0 radical (unpaired) electrons. The second-order valence-corrected chi connectivity index (χ2v) is 6.25. The van der Waals surface area contributed by atoms with Crippen LogP contribution in [0, 0.1) is 5.92 Å². The van der Waals surface area contributed by atoms with Crippen LogP contribution in [0.25, 0.3) is 0 Å². The number of carbonyl (C=O) groups excluding carboxylic acids is 4. The van der Waals surface area contributed by atoms with Crippen LogP contribution in [0.1, 0.15) is 37.0 Å². The van der Waals surface area contributed by atoms with Crippen LogP contribution in [0.3, 0.4) is 0 Å². The van der Waals surface area contributed by atoms with Crippen molar-refractivity contribution in [1.82, 2.24) is 10.2 Å². The lowest BCUT2D eigenvalue weighted by atomic mass is 10.0. The van der Waals surface area contributed by atoms with Crippen LogP contribution in [-0.2, 0) is 14.4 Å². The predicted molar refractivity (Wildman–Crippen MR) is 86.6 cm³/mol. The Morgan fingerprint density at radius 1 is 1.25 bits per heavy atom. The van der Waals surface area contributed by atoms with E-state index in [1.54, 1.807) is 30.3 Å². The Morgan fingerprint density at radius 2 is 1.88 bits per heavy atom. The third-order valence-corrected chi connectivity index (χ3v) is 3.86. The Labute approximate surface area is 140 Å². The molecule has 2 rings (SSSR count). The number of hydrogen-bond donors (Lipinski definition) is 2. The molecular formula is C17H21N3O4. The minimum atomic E-state index is -0.983. The smallest absolute Gasteiger partial charge is 0.253 e. The number of nitrogens with two attached hydrogens (primary N) is 1. The van der Waals surface area contributed by atoms with Crippen molar-refractivity contribution >= 4 is 23.6 Å². The quantitative estimate of drug-likeness (QED) is 0.737. The standard InChI is InChI=1S/C17H21N3O4/c1-10(2)8-13(15(18)22)20-14(21)9-12(17(20)24)19-16(23)11-6-4-3-5-7-11/h3-7,10,12-13H,8-9H2,1-2H3,(H2,18,22)(H,19,23). The van der Waals surface area contributed by atoms with Gasteiger partial charge in [0, 0.05) is 5.56 Å². The molecule has 0 aliphatic carbocycles. The number of benzene rings is 1. The van der Waals surface area contributed by atoms with Crippen LogP contribution in [0.2, 0.25) is 0 Å². The van der Waals surface area contributed by atoms with Crippen LogP contribution in [-0.4, -0.2) is 40.6 Å². The van der Waals surface area contributed by atoms with Gasteiger partial charge in [-0.05, 0) is 24.5 Å². The number of hydrogen-bond acceptors (Lipinski definition) is 4. The molecule has 2 atom stereocenters. The van der Waals surface area contributed by atoms with E-state index in [0.29, 0.717) is 12.0 Å². The first kappa shape index (κ1) is 17.7. The number of carbonyl (C=O) groups is 4. The highest BCUT2D eigenvalue weighted by Crippen LogP contribution is 2.21. The highest BCUT2D eigenvalue weighted by molar-refractivity contribution is 6.10. The average molecular weight is 331 g/mol. The van der Waals surface area contributed by atoms with Gasteiger partial charge in [0.1, 0.15) is 12.1 Å². The predicted octanol–water partition coefficient (Wildman–Crippen LogP) is 0.444. The van der Waals surface area contributed by atoms with Gasteiger partial charge in [-0.15, -0.1) is 0 Å². The molecule has 7 heteroatoms. The van der Waals surface area contributed by atoms with Crippen LogP contribution >= 0.6 is 0 Å². The first-order chi connectivity index (χ1) is 11.3. The Morgan fingerprint density at radius 3 is 2.42 bits per heavy atom. The van der Waals surface area contributed by atoms with Crippen molar-refractivity contribution in [2.45, 2.75) is 38.8 Å². The summed E-state index contributed by atoms with van der Waals surface area (Å²) in [5, 5.41) is 2.55. The van der Waals surface area contributed by atoms with Gasteiger partial charge in [-0.1, -0.05) is 32.0 Å². The van der Waals surface area contributed by atoms with Crippen molar-refractivity contribution < 1.29 is 19.2 Å². The summed E-state index contributed by atoms with van der Waals surface area (Å²) in [4.78, 5) is 49.4. The number of primary amides is 1. The molecule has 4 amide bonds. The summed E-state index contributed by atoms with van der Waals surface area (Å²) in [6, 6.07) is 6.44. The van der Waals surface area contributed by atoms with E-state index < -0.39 is 35.7 Å². The van der Waals surface area contributed by atoms with Crippen LogP contribution in [0.4, 0.5) is 0 Å². The SMILES string of the molecule is CC(C)CC(C(N)=O)N1C(=O)CC(NC(=O)c2ccccc2)C1=O. The Bertz CT molecular complexity index is 657. The fourth-order valence-electron chi connectivity index (χ4n) is 2.72. The molecular weight excluding hydrogens is 310 g/mol. The number of imide groups is 1. The second kappa shape index (κ2) is 7.25. The minimum absolute atomic E-state index is 0.0843. The highest BCUT2D eigenvalue weighted by Gasteiger charge is 2.44. The van der Waals surface area contributed by atoms with Gasteiger partial charge >= 0.3 is 0 Å². The zero-order valence-electron chi connectivity index (χ0n) is 13.7. The van der Waals surface area contributed by atoms with Crippen LogP contribution < -0.4 is 11.1 Å². The molecule has 7 nitrogen and oxygen atoms in total. The maximum atomic E-state index is 12.5. The van der Waals surface area contributed by atoms with Crippen LogP contribution in [0.5, 0.6) is 0 Å². The summed E-state index contributed by atoms with van der Waals surface area (Å²) >= 11 is 0. The maximum Gasteiger partial charge on any atom is 0.253 e. The molecule has 0 spiro atoms. The number of nitrogens with zero attached hydrogens (tertiary/aromatic N) is 1.